The maximum atomic E-state index is 11.0. The van der Waals surface area contributed by atoms with Gasteiger partial charge in [0.25, 0.3) is 0 Å². The third kappa shape index (κ3) is 4.79. The van der Waals surface area contributed by atoms with Gasteiger partial charge in [-0.3, -0.25) is 0 Å². The number of nitriles is 4. The van der Waals surface area contributed by atoms with Gasteiger partial charge in [-0.15, -0.1) is 0 Å². The van der Waals surface area contributed by atoms with E-state index in [9.17, 15) is 21.0 Å². The van der Waals surface area contributed by atoms with E-state index < -0.39 is 0 Å². The van der Waals surface area contributed by atoms with E-state index in [1.807, 2.05) is 72.8 Å². The molecule has 12 rings (SSSR count). The van der Waals surface area contributed by atoms with Crippen LogP contribution in [0.5, 0.6) is 0 Å². The SMILES string of the molecule is N#Cc1cc(C#N)c(-c2c3cc4c(cc3c(-c3cc(-c5ccccc5)c(C#N)cc3C#N)c3c5cccc6cccc(c23)c65)c2cccc3cccc4c32)cc1-c1ccccc1. The quantitative estimate of drug-likeness (QED) is 0.178. The molecule has 62 heavy (non-hydrogen) atoms. The molecule has 4 nitrogen and oxygen atoms in total. The van der Waals surface area contributed by atoms with Gasteiger partial charge in [-0.1, -0.05) is 133 Å². The van der Waals surface area contributed by atoms with Crippen LogP contribution in [0.2, 0.25) is 0 Å². The van der Waals surface area contributed by atoms with Crippen molar-refractivity contribution < 1.29 is 0 Å². The topological polar surface area (TPSA) is 95.2 Å². The monoisotopic (exact) mass is 780 g/mol. The minimum absolute atomic E-state index is 0.397. The van der Waals surface area contributed by atoms with Gasteiger partial charge in [0.15, 0.2) is 0 Å². The predicted octanol–water partition coefficient (Wildman–Crippen LogP) is 14.8. The molecule has 4 heteroatoms. The van der Waals surface area contributed by atoms with Crippen LogP contribution in [-0.2, 0) is 0 Å². The van der Waals surface area contributed by atoms with Gasteiger partial charge in [0.05, 0.1) is 46.5 Å². The Hall–Kier alpha value is -9.06. The van der Waals surface area contributed by atoms with Crippen LogP contribution in [0, 0.1) is 45.3 Å². The zero-order valence-corrected chi connectivity index (χ0v) is 33.0. The highest BCUT2D eigenvalue weighted by atomic mass is 14.3. The summed E-state index contributed by atoms with van der Waals surface area (Å²) in [7, 11) is 0. The van der Waals surface area contributed by atoms with Crippen LogP contribution in [0.3, 0.4) is 0 Å². The molecule has 0 atom stereocenters. The molecule has 0 aliphatic carbocycles. The molecule has 0 aliphatic rings. The second-order valence-electron chi connectivity index (χ2n) is 15.9. The van der Waals surface area contributed by atoms with Crippen molar-refractivity contribution >= 4 is 75.4 Å². The van der Waals surface area contributed by atoms with Crippen LogP contribution in [0.1, 0.15) is 22.3 Å². The molecule has 0 amide bonds. The minimum Gasteiger partial charge on any atom is -0.192 e. The van der Waals surface area contributed by atoms with Crippen LogP contribution >= 0.6 is 0 Å². The molecule has 0 bridgehead atoms. The molecule has 0 radical (unpaired) electrons. The average molecular weight is 781 g/mol. The number of rotatable bonds is 4. The fraction of sp³-hybridized carbons (Fsp3) is 0. The molecular formula is C58H28N4. The van der Waals surface area contributed by atoms with Crippen molar-refractivity contribution in [3.8, 4) is 68.8 Å². The molecule has 0 saturated heterocycles. The van der Waals surface area contributed by atoms with Gasteiger partial charge in [-0.25, -0.2) is 0 Å². The summed E-state index contributed by atoms with van der Waals surface area (Å²) in [5, 5.41) is 57.9. The van der Waals surface area contributed by atoms with E-state index in [-0.39, 0.29) is 0 Å². The number of hydrogen-bond donors (Lipinski definition) is 0. The summed E-state index contributed by atoms with van der Waals surface area (Å²) in [6, 6.07) is 67.3. The first-order chi connectivity index (χ1) is 30.6. The highest BCUT2D eigenvalue weighted by Gasteiger charge is 2.28. The smallest absolute Gasteiger partial charge is 0.0998 e. The van der Waals surface area contributed by atoms with Crippen LogP contribution in [0.15, 0.2) is 170 Å². The third-order valence-electron chi connectivity index (χ3n) is 12.9. The number of benzene rings is 10. The predicted molar refractivity (Wildman–Crippen MR) is 252 cm³/mol. The Morgan fingerprint density at radius 1 is 0.258 bits per heavy atom. The van der Waals surface area contributed by atoms with E-state index in [2.05, 4.69) is 109 Å². The van der Waals surface area contributed by atoms with Gasteiger partial charge < -0.3 is 0 Å². The lowest BCUT2D eigenvalue weighted by molar-refractivity contribution is 1.44. The summed E-state index contributed by atoms with van der Waals surface area (Å²) >= 11 is 0. The Kier molecular flexibility index (Phi) is 7.45. The Morgan fingerprint density at radius 3 is 1.00 bits per heavy atom. The molecule has 12 aromatic rings. The standard InChI is InChI=1S/C58H28N4/c59-29-37-23-39(31-61)47(25-45(37)33-11-3-1-4-12-33)55-51-27-49-41-19-7-15-35-16-8-20-42(53(35)41)50(49)28-52(51)56(58-44-22-10-18-36-17-9-21-43(54(36)44)57(55)58)48-26-46(34-13-5-2-6-14-34)38(30-60)24-40(48)32-62/h1-28H. The first kappa shape index (κ1) is 34.9. The Balaban J connectivity index is 1.38. The molecule has 0 saturated carbocycles. The first-order valence-electron chi connectivity index (χ1n) is 20.4. The Morgan fingerprint density at radius 2 is 0.613 bits per heavy atom. The molecule has 0 aromatic heterocycles. The molecular weight excluding hydrogens is 753 g/mol. The van der Waals surface area contributed by atoms with E-state index in [1.165, 1.54) is 5.39 Å². The molecule has 280 valence electrons. The van der Waals surface area contributed by atoms with Crippen molar-refractivity contribution in [2.24, 2.45) is 0 Å². The zero-order valence-electron chi connectivity index (χ0n) is 33.0. The fourth-order valence-electron chi connectivity index (χ4n) is 10.3. The van der Waals surface area contributed by atoms with Crippen molar-refractivity contribution in [1.82, 2.24) is 0 Å². The normalized spacial score (nSPS) is 11.5. The molecule has 0 heterocycles. The highest BCUT2D eigenvalue weighted by molar-refractivity contribution is 6.42. The molecule has 0 N–H and O–H groups in total. The van der Waals surface area contributed by atoms with Gasteiger partial charge in [0.2, 0.25) is 0 Å². The van der Waals surface area contributed by atoms with Crippen molar-refractivity contribution in [2.75, 3.05) is 0 Å². The maximum absolute atomic E-state index is 11.0. The van der Waals surface area contributed by atoms with Gasteiger partial charge >= 0.3 is 0 Å². The summed E-state index contributed by atoms with van der Waals surface area (Å²) < 4.78 is 0. The number of fused-ring (bicyclic) bond motifs is 7. The Bertz CT molecular complexity index is 3810. The minimum atomic E-state index is 0.397. The van der Waals surface area contributed by atoms with Gasteiger partial charge in [-0.05, 0) is 134 Å². The van der Waals surface area contributed by atoms with Crippen molar-refractivity contribution in [2.45, 2.75) is 0 Å². The number of nitrogens with zero attached hydrogens (tertiary/aromatic N) is 4. The van der Waals surface area contributed by atoms with Crippen LogP contribution in [0.25, 0.3) is 120 Å². The second kappa shape index (κ2) is 13.2. The molecule has 0 spiro atoms. The van der Waals surface area contributed by atoms with E-state index >= 15 is 0 Å². The van der Waals surface area contributed by atoms with E-state index in [0.29, 0.717) is 22.3 Å². The fourth-order valence-corrected chi connectivity index (χ4v) is 10.3. The van der Waals surface area contributed by atoms with E-state index in [0.717, 1.165) is 115 Å². The first-order valence-corrected chi connectivity index (χ1v) is 20.4. The van der Waals surface area contributed by atoms with Gasteiger partial charge in [0.1, 0.15) is 0 Å². The van der Waals surface area contributed by atoms with Crippen LogP contribution < -0.4 is 0 Å². The number of hydrogen-bond acceptors (Lipinski definition) is 4. The lowest BCUT2D eigenvalue weighted by atomic mass is 9.81. The zero-order chi connectivity index (χ0) is 41.6. The van der Waals surface area contributed by atoms with Crippen molar-refractivity contribution in [3.05, 3.63) is 192 Å². The molecule has 0 fully saturated rings. The summed E-state index contributed by atoms with van der Waals surface area (Å²) in [5.41, 5.74) is 8.11. The lowest BCUT2D eigenvalue weighted by Crippen LogP contribution is -1.97. The van der Waals surface area contributed by atoms with Crippen LogP contribution in [-0.4, -0.2) is 0 Å². The maximum Gasteiger partial charge on any atom is 0.0998 e. The summed E-state index contributed by atoms with van der Waals surface area (Å²) in [5.74, 6) is 0. The van der Waals surface area contributed by atoms with E-state index in [4.69, 9.17) is 0 Å². The van der Waals surface area contributed by atoms with Crippen LogP contribution in [0.4, 0.5) is 0 Å². The highest BCUT2D eigenvalue weighted by Crippen LogP contribution is 2.54. The third-order valence-corrected chi connectivity index (χ3v) is 12.9. The summed E-state index contributed by atoms with van der Waals surface area (Å²) in [6.45, 7) is 0. The molecule has 0 unspecified atom stereocenters. The summed E-state index contributed by atoms with van der Waals surface area (Å²) in [6.07, 6.45) is 0. The largest absolute Gasteiger partial charge is 0.192 e. The lowest BCUT2D eigenvalue weighted by Gasteiger charge is -2.20. The molecule has 0 aliphatic heterocycles. The second-order valence-corrected chi connectivity index (χ2v) is 15.9. The van der Waals surface area contributed by atoms with E-state index in [1.54, 1.807) is 12.1 Å². The summed E-state index contributed by atoms with van der Waals surface area (Å²) in [4.78, 5) is 0. The average Bonchev–Trinajstić information content (AvgIpc) is 3.83. The van der Waals surface area contributed by atoms with Gasteiger partial charge in [-0.2, -0.15) is 21.0 Å². The van der Waals surface area contributed by atoms with Gasteiger partial charge in [0, 0.05) is 22.3 Å². The Labute approximate surface area is 355 Å². The van der Waals surface area contributed by atoms with Crippen molar-refractivity contribution in [1.29, 1.82) is 21.0 Å². The molecule has 12 aromatic carbocycles. The van der Waals surface area contributed by atoms with Crippen molar-refractivity contribution in [3.63, 3.8) is 0 Å².